The lowest BCUT2D eigenvalue weighted by Crippen LogP contribution is -2.49. The highest BCUT2D eigenvalue weighted by atomic mass is 19.1. The van der Waals surface area contributed by atoms with Crippen LogP contribution in [-0.4, -0.2) is 69.8 Å². The van der Waals surface area contributed by atoms with Crippen molar-refractivity contribution < 1.29 is 23.5 Å². The molecule has 1 unspecified atom stereocenters. The minimum atomic E-state index is -0.840. The molecule has 4 amide bonds. The first-order valence-electron chi connectivity index (χ1n) is 13.4. The largest absolute Gasteiger partial charge is 0.453 e. The summed E-state index contributed by atoms with van der Waals surface area (Å²) >= 11 is 0. The minimum absolute atomic E-state index is 0.0439. The summed E-state index contributed by atoms with van der Waals surface area (Å²) in [7, 11) is 4.92. The third-order valence-electron chi connectivity index (χ3n) is 7.67. The number of ether oxygens (including phenoxy) is 1. The predicted octanol–water partition coefficient (Wildman–Crippen LogP) is 3.49. The molecule has 0 aromatic heterocycles. The van der Waals surface area contributed by atoms with Crippen LogP contribution in [0.4, 0.5) is 14.0 Å². The van der Waals surface area contributed by atoms with Gasteiger partial charge in [-0.3, -0.25) is 4.79 Å². The molecule has 0 bridgehead atoms. The van der Waals surface area contributed by atoms with Crippen molar-refractivity contribution in [3.63, 3.8) is 0 Å². The first kappa shape index (κ1) is 28.7. The fourth-order valence-corrected chi connectivity index (χ4v) is 5.64. The number of fused-ring (bicyclic) bond motifs is 1. The van der Waals surface area contributed by atoms with E-state index in [0.29, 0.717) is 55.9 Å². The molecule has 0 saturated heterocycles. The number of alkyl carbamates (subject to hydrolysis) is 1. The van der Waals surface area contributed by atoms with E-state index in [9.17, 15) is 18.8 Å². The number of hydrogen-bond acceptors (Lipinski definition) is 5. The number of amides is 4. The van der Waals surface area contributed by atoms with Crippen molar-refractivity contribution in [2.45, 2.75) is 69.4 Å². The number of nitrogens with one attached hydrogen (secondary N) is 4. The summed E-state index contributed by atoms with van der Waals surface area (Å²) in [6.45, 7) is 1.41. The van der Waals surface area contributed by atoms with E-state index in [1.807, 2.05) is 7.05 Å². The third kappa shape index (κ3) is 7.80. The topological polar surface area (TPSA) is 112 Å². The monoisotopic (exact) mass is 519 g/mol. The van der Waals surface area contributed by atoms with Crippen molar-refractivity contribution in [3.8, 4) is 0 Å². The molecule has 9 nitrogen and oxygen atoms in total. The second-order valence-electron chi connectivity index (χ2n) is 10.4. The zero-order chi connectivity index (χ0) is 26.8. The molecule has 10 heteroatoms. The number of urea groups is 1. The number of halogens is 1. The Morgan fingerprint density at radius 1 is 1.24 bits per heavy atom. The molecule has 37 heavy (non-hydrogen) atoms. The van der Waals surface area contributed by atoms with Crippen LogP contribution in [0.15, 0.2) is 18.2 Å². The molecule has 3 rings (SSSR count). The lowest BCUT2D eigenvalue weighted by atomic mass is 9.83. The first-order valence-corrected chi connectivity index (χ1v) is 13.4. The molecular formula is C27H42FN5O4. The Labute approximate surface area is 219 Å². The number of hydrogen-bond donors (Lipinski definition) is 4. The summed E-state index contributed by atoms with van der Waals surface area (Å²) in [5.41, 5.74) is 0.193. The van der Waals surface area contributed by atoms with E-state index in [2.05, 4.69) is 26.0 Å². The van der Waals surface area contributed by atoms with Crippen LogP contribution in [0.3, 0.4) is 0 Å². The fourth-order valence-electron chi connectivity index (χ4n) is 5.64. The fraction of sp³-hybridized carbons (Fsp3) is 0.667. The molecule has 1 aliphatic carbocycles. The van der Waals surface area contributed by atoms with Gasteiger partial charge in [-0.25, -0.2) is 14.0 Å². The van der Waals surface area contributed by atoms with Crippen molar-refractivity contribution in [3.05, 3.63) is 35.1 Å². The number of carbonyl (C=O) groups excluding carboxylic acids is 3. The number of benzene rings is 1. The highest BCUT2D eigenvalue weighted by molar-refractivity contribution is 6.00. The Morgan fingerprint density at radius 3 is 2.70 bits per heavy atom. The summed E-state index contributed by atoms with van der Waals surface area (Å²) in [5.74, 6) is -0.0414. The van der Waals surface area contributed by atoms with Crippen LogP contribution in [0, 0.1) is 11.7 Å². The number of nitrogens with zero attached hydrogens (tertiary/aromatic N) is 1. The molecule has 1 aliphatic heterocycles. The molecule has 1 heterocycles. The van der Waals surface area contributed by atoms with Gasteiger partial charge in [-0.2, -0.15) is 0 Å². The lowest BCUT2D eigenvalue weighted by molar-refractivity contribution is 0.0915. The van der Waals surface area contributed by atoms with Gasteiger partial charge < -0.3 is 30.9 Å². The molecule has 1 aromatic rings. The van der Waals surface area contributed by atoms with Gasteiger partial charge in [-0.1, -0.05) is 32.1 Å². The normalized spacial score (nSPS) is 20.1. The van der Waals surface area contributed by atoms with E-state index < -0.39 is 17.4 Å². The van der Waals surface area contributed by atoms with Gasteiger partial charge in [0.1, 0.15) is 5.82 Å². The minimum Gasteiger partial charge on any atom is -0.453 e. The maximum Gasteiger partial charge on any atom is 0.406 e. The van der Waals surface area contributed by atoms with Gasteiger partial charge in [0.15, 0.2) is 0 Å². The predicted molar refractivity (Wildman–Crippen MR) is 140 cm³/mol. The summed E-state index contributed by atoms with van der Waals surface area (Å²) in [4.78, 5) is 38.9. The molecule has 1 saturated carbocycles. The van der Waals surface area contributed by atoms with Crippen LogP contribution in [-0.2, 0) is 10.3 Å². The van der Waals surface area contributed by atoms with E-state index in [1.54, 1.807) is 11.9 Å². The van der Waals surface area contributed by atoms with Crippen molar-refractivity contribution in [2.75, 3.05) is 40.8 Å². The van der Waals surface area contributed by atoms with Crippen LogP contribution in [0.1, 0.15) is 73.7 Å². The van der Waals surface area contributed by atoms with E-state index in [1.165, 1.54) is 57.4 Å². The summed E-state index contributed by atoms with van der Waals surface area (Å²) in [6, 6.07) is 4.05. The molecule has 1 fully saturated rings. The first-order chi connectivity index (χ1) is 17.8. The zero-order valence-electron chi connectivity index (χ0n) is 22.3. The van der Waals surface area contributed by atoms with E-state index in [4.69, 9.17) is 0 Å². The Kier molecular flexibility index (Phi) is 10.5. The van der Waals surface area contributed by atoms with Gasteiger partial charge in [0, 0.05) is 38.3 Å². The molecule has 2 aliphatic rings. The van der Waals surface area contributed by atoms with Gasteiger partial charge >= 0.3 is 12.1 Å². The Bertz CT molecular complexity index is 939. The second kappa shape index (κ2) is 13.6. The molecule has 0 radical (unpaired) electrons. The summed E-state index contributed by atoms with van der Waals surface area (Å²) in [6.07, 6.45) is 8.10. The van der Waals surface area contributed by atoms with Crippen molar-refractivity contribution in [1.82, 2.24) is 26.2 Å². The number of carbonyl (C=O) groups is 3. The maximum atomic E-state index is 14.2. The summed E-state index contributed by atoms with van der Waals surface area (Å²) < 4.78 is 18.8. The lowest BCUT2D eigenvalue weighted by Gasteiger charge is -2.33. The van der Waals surface area contributed by atoms with Crippen LogP contribution in [0.2, 0.25) is 0 Å². The molecule has 4 N–H and O–H groups in total. The van der Waals surface area contributed by atoms with Gasteiger partial charge in [0.2, 0.25) is 0 Å². The van der Waals surface area contributed by atoms with Crippen molar-refractivity contribution >= 4 is 18.0 Å². The van der Waals surface area contributed by atoms with E-state index in [-0.39, 0.29) is 18.0 Å². The number of methoxy groups -OCH3 is 1. The van der Waals surface area contributed by atoms with Crippen molar-refractivity contribution in [1.29, 1.82) is 0 Å². The number of likely N-dealkylation sites (N-methyl/N-ethyl adjacent to an activating group) is 1. The molecule has 2 atom stereocenters. The van der Waals surface area contributed by atoms with Gasteiger partial charge in [0.05, 0.1) is 12.6 Å². The molecule has 0 spiro atoms. The standard InChI is InChI=1S/C27H42FN5O4/c1-29-18-21(16-19-8-5-4-6-9-19)31-25(35)33(2)15-13-27(12-7-14-30-26(36)37-3)23-17-20(28)10-11-22(23)24(34)32-27/h10-11,17,19,21,29H,4-9,12-16,18H2,1-3H3,(H,30,36)(H,31,35)(H,32,34)/t21?,27-/m1/s1. The van der Waals surface area contributed by atoms with Gasteiger partial charge in [0.25, 0.3) is 5.91 Å². The SMILES string of the molecule is CNCC(CC1CCCCC1)NC(=O)N(C)CC[C@@]1(CCCNC(=O)OC)NC(=O)c2ccc(F)cc21. The quantitative estimate of drug-likeness (QED) is 0.316. The zero-order valence-corrected chi connectivity index (χ0v) is 22.3. The van der Waals surface area contributed by atoms with E-state index in [0.717, 1.165) is 6.42 Å². The van der Waals surface area contributed by atoms with Gasteiger partial charge in [-0.05, 0) is 62.4 Å². The maximum absolute atomic E-state index is 14.2. The second-order valence-corrected chi connectivity index (χ2v) is 10.4. The Hall–Kier alpha value is -2.88. The average molecular weight is 520 g/mol. The Balaban J connectivity index is 1.65. The third-order valence-corrected chi connectivity index (χ3v) is 7.67. The highest BCUT2D eigenvalue weighted by Gasteiger charge is 2.42. The van der Waals surface area contributed by atoms with Crippen LogP contribution in [0.5, 0.6) is 0 Å². The van der Waals surface area contributed by atoms with Crippen molar-refractivity contribution in [2.24, 2.45) is 5.92 Å². The van der Waals surface area contributed by atoms with Crippen LogP contribution < -0.4 is 21.3 Å². The number of rotatable bonds is 12. The Morgan fingerprint density at radius 2 is 2.00 bits per heavy atom. The van der Waals surface area contributed by atoms with Crippen LogP contribution >= 0.6 is 0 Å². The summed E-state index contributed by atoms with van der Waals surface area (Å²) in [5, 5.41) is 12.1. The highest BCUT2D eigenvalue weighted by Crippen LogP contribution is 2.38. The van der Waals surface area contributed by atoms with Gasteiger partial charge in [-0.15, -0.1) is 0 Å². The molecule has 1 aromatic carbocycles. The molecule has 206 valence electrons. The van der Waals surface area contributed by atoms with Crippen LogP contribution in [0.25, 0.3) is 0 Å². The smallest absolute Gasteiger partial charge is 0.406 e. The molecular weight excluding hydrogens is 477 g/mol. The average Bonchev–Trinajstić information content (AvgIpc) is 3.16. The van der Waals surface area contributed by atoms with E-state index >= 15 is 0 Å².